The average Bonchev–Trinajstić information content (AvgIpc) is 2.73. The Hall–Kier alpha value is -1.43. The largest absolute Gasteiger partial charge is 0.447 e. The number of rotatable bonds is 1. The standard InChI is InChI=1S/C12H11ClF2N2O2/c13-7-3-9(10(14)16-5-7)12(15)1-2-17-8(4-12)6-19-11(17)18/h3,5,8H,1-2,4,6H2/t8-,12?/m1/s1. The van der Waals surface area contributed by atoms with Gasteiger partial charge in [0.15, 0.2) is 0 Å². The molecule has 1 aromatic rings. The number of ether oxygens (including phenoxy) is 1. The Morgan fingerprint density at radius 2 is 2.37 bits per heavy atom. The molecule has 1 amide bonds. The summed E-state index contributed by atoms with van der Waals surface area (Å²) in [4.78, 5) is 16.3. The number of cyclic esters (lactones) is 1. The number of piperidine rings is 1. The van der Waals surface area contributed by atoms with E-state index in [1.807, 2.05) is 0 Å². The molecule has 0 radical (unpaired) electrons. The van der Waals surface area contributed by atoms with E-state index in [1.165, 1.54) is 11.0 Å². The van der Waals surface area contributed by atoms with Crippen molar-refractivity contribution in [3.63, 3.8) is 0 Å². The maximum Gasteiger partial charge on any atom is 0.410 e. The van der Waals surface area contributed by atoms with Gasteiger partial charge < -0.3 is 9.64 Å². The predicted molar refractivity (Wildman–Crippen MR) is 63.1 cm³/mol. The van der Waals surface area contributed by atoms with Gasteiger partial charge in [-0.15, -0.1) is 0 Å². The smallest absolute Gasteiger partial charge is 0.410 e. The summed E-state index contributed by atoms with van der Waals surface area (Å²) in [6.07, 6.45) is 0.716. The number of aromatic nitrogens is 1. The number of halogens is 3. The minimum atomic E-state index is -1.86. The van der Waals surface area contributed by atoms with Crippen LogP contribution in [0.3, 0.4) is 0 Å². The van der Waals surface area contributed by atoms with Crippen molar-refractivity contribution in [2.75, 3.05) is 13.2 Å². The molecule has 19 heavy (non-hydrogen) atoms. The van der Waals surface area contributed by atoms with E-state index in [9.17, 15) is 13.6 Å². The highest BCUT2D eigenvalue weighted by Crippen LogP contribution is 2.42. The predicted octanol–water partition coefficient (Wildman–Crippen LogP) is 2.65. The molecule has 2 saturated heterocycles. The molecule has 0 bridgehead atoms. The highest BCUT2D eigenvalue weighted by Gasteiger charge is 2.48. The first-order valence-corrected chi connectivity index (χ1v) is 6.31. The van der Waals surface area contributed by atoms with E-state index in [0.717, 1.165) is 6.20 Å². The monoisotopic (exact) mass is 288 g/mol. The van der Waals surface area contributed by atoms with Crippen LogP contribution in [0.25, 0.3) is 0 Å². The van der Waals surface area contributed by atoms with Gasteiger partial charge in [0.25, 0.3) is 0 Å². The van der Waals surface area contributed by atoms with Crippen molar-refractivity contribution in [1.82, 2.24) is 9.88 Å². The van der Waals surface area contributed by atoms with Gasteiger partial charge in [0, 0.05) is 31.1 Å². The van der Waals surface area contributed by atoms with E-state index in [4.69, 9.17) is 16.3 Å². The van der Waals surface area contributed by atoms with E-state index in [-0.39, 0.29) is 42.6 Å². The van der Waals surface area contributed by atoms with Crippen LogP contribution in [-0.2, 0) is 10.4 Å². The molecule has 2 aliphatic rings. The average molecular weight is 289 g/mol. The Labute approximate surface area is 113 Å². The van der Waals surface area contributed by atoms with Crippen LogP contribution < -0.4 is 0 Å². The van der Waals surface area contributed by atoms with E-state index in [1.54, 1.807) is 0 Å². The minimum Gasteiger partial charge on any atom is -0.447 e. The zero-order valence-electron chi connectivity index (χ0n) is 9.91. The summed E-state index contributed by atoms with van der Waals surface area (Å²) in [5.74, 6) is -0.856. The Morgan fingerprint density at radius 3 is 3.16 bits per heavy atom. The van der Waals surface area contributed by atoms with E-state index < -0.39 is 17.7 Å². The van der Waals surface area contributed by atoms with Crippen molar-refractivity contribution < 1.29 is 18.3 Å². The molecule has 0 aromatic carbocycles. The second kappa shape index (κ2) is 4.30. The van der Waals surface area contributed by atoms with Crippen molar-refractivity contribution in [3.8, 4) is 0 Å². The Kier molecular flexibility index (Phi) is 2.85. The van der Waals surface area contributed by atoms with Crippen LogP contribution >= 0.6 is 11.6 Å². The molecule has 1 unspecified atom stereocenters. The Balaban J connectivity index is 1.92. The first kappa shape index (κ1) is 12.6. The number of carbonyl (C=O) groups excluding carboxylic acids is 1. The van der Waals surface area contributed by atoms with Crippen molar-refractivity contribution in [3.05, 3.63) is 28.8 Å². The van der Waals surface area contributed by atoms with Gasteiger partial charge in [-0.1, -0.05) is 11.6 Å². The van der Waals surface area contributed by atoms with E-state index >= 15 is 0 Å². The summed E-state index contributed by atoms with van der Waals surface area (Å²) in [5.41, 5.74) is -2.00. The topological polar surface area (TPSA) is 42.4 Å². The molecule has 0 aliphatic carbocycles. The normalized spacial score (nSPS) is 30.2. The fourth-order valence-corrected chi connectivity index (χ4v) is 2.84. The zero-order valence-corrected chi connectivity index (χ0v) is 10.7. The second-order valence-electron chi connectivity index (χ2n) is 4.84. The quantitative estimate of drug-likeness (QED) is 0.746. The van der Waals surface area contributed by atoms with Gasteiger partial charge in [-0.25, -0.2) is 14.2 Å². The van der Waals surface area contributed by atoms with Crippen LogP contribution in [0.2, 0.25) is 5.02 Å². The summed E-state index contributed by atoms with van der Waals surface area (Å²) in [6.45, 7) is 0.339. The maximum absolute atomic E-state index is 15.0. The lowest BCUT2D eigenvalue weighted by molar-refractivity contribution is 0.0458. The maximum atomic E-state index is 15.0. The van der Waals surface area contributed by atoms with Gasteiger partial charge in [-0.3, -0.25) is 0 Å². The van der Waals surface area contributed by atoms with Gasteiger partial charge in [0.2, 0.25) is 5.95 Å². The number of hydrogen-bond acceptors (Lipinski definition) is 3. The lowest BCUT2D eigenvalue weighted by Gasteiger charge is -2.37. The highest BCUT2D eigenvalue weighted by molar-refractivity contribution is 6.30. The number of pyridine rings is 1. The summed E-state index contributed by atoms with van der Waals surface area (Å²) in [6, 6.07) is 0.904. The van der Waals surface area contributed by atoms with Crippen LogP contribution in [0.15, 0.2) is 12.3 Å². The molecule has 102 valence electrons. The molecule has 1 aromatic heterocycles. The molecule has 3 heterocycles. The number of nitrogens with zero attached hydrogens (tertiary/aromatic N) is 2. The van der Waals surface area contributed by atoms with Gasteiger partial charge >= 0.3 is 6.09 Å². The first-order chi connectivity index (χ1) is 8.99. The van der Waals surface area contributed by atoms with Crippen LogP contribution in [-0.4, -0.2) is 35.2 Å². The van der Waals surface area contributed by atoms with E-state index in [2.05, 4.69) is 4.98 Å². The van der Waals surface area contributed by atoms with Crippen molar-refractivity contribution in [1.29, 1.82) is 0 Å². The summed E-state index contributed by atoms with van der Waals surface area (Å²) in [7, 11) is 0. The number of fused-ring (bicyclic) bond motifs is 1. The highest BCUT2D eigenvalue weighted by atomic mass is 35.5. The van der Waals surface area contributed by atoms with Crippen LogP contribution in [0.1, 0.15) is 18.4 Å². The van der Waals surface area contributed by atoms with Crippen LogP contribution in [0.5, 0.6) is 0 Å². The summed E-state index contributed by atoms with van der Waals surface area (Å²) < 4.78 is 33.5. The third-order valence-corrected chi connectivity index (χ3v) is 3.88. The third kappa shape index (κ3) is 2.04. The number of amides is 1. The molecule has 0 spiro atoms. The van der Waals surface area contributed by atoms with Gasteiger partial charge in [0.05, 0.1) is 11.1 Å². The zero-order chi connectivity index (χ0) is 13.6. The summed E-state index contributed by atoms with van der Waals surface area (Å²) >= 11 is 5.75. The minimum absolute atomic E-state index is 0.00230. The fourth-order valence-electron chi connectivity index (χ4n) is 2.69. The first-order valence-electron chi connectivity index (χ1n) is 5.93. The van der Waals surface area contributed by atoms with Crippen molar-refractivity contribution >= 4 is 17.7 Å². The van der Waals surface area contributed by atoms with Gasteiger partial charge in [-0.2, -0.15) is 4.39 Å². The molecule has 0 saturated carbocycles. The number of hydrogen-bond donors (Lipinski definition) is 0. The van der Waals surface area contributed by atoms with E-state index in [0.29, 0.717) is 0 Å². The molecule has 2 fully saturated rings. The van der Waals surface area contributed by atoms with Crippen molar-refractivity contribution in [2.24, 2.45) is 0 Å². The Bertz CT molecular complexity index is 542. The molecule has 3 rings (SSSR count). The lowest BCUT2D eigenvalue weighted by Crippen LogP contribution is -2.46. The van der Waals surface area contributed by atoms with Gasteiger partial charge in [-0.05, 0) is 6.07 Å². The van der Waals surface area contributed by atoms with Crippen LogP contribution in [0, 0.1) is 5.95 Å². The second-order valence-corrected chi connectivity index (χ2v) is 5.27. The fraction of sp³-hybridized carbons (Fsp3) is 0.500. The number of carbonyl (C=O) groups is 1. The molecule has 2 atom stereocenters. The molecule has 7 heteroatoms. The Morgan fingerprint density at radius 1 is 1.58 bits per heavy atom. The van der Waals surface area contributed by atoms with Crippen molar-refractivity contribution in [2.45, 2.75) is 24.6 Å². The molecule has 2 aliphatic heterocycles. The molecular formula is C12H11ClF2N2O2. The molecule has 0 N–H and O–H groups in total. The third-order valence-electron chi connectivity index (χ3n) is 3.67. The molecule has 4 nitrogen and oxygen atoms in total. The lowest BCUT2D eigenvalue weighted by atomic mass is 9.83. The van der Waals surface area contributed by atoms with Gasteiger partial charge in [0.1, 0.15) is 12.3 Å². The van der Waals surface area contributed by atoms with Crippen LogP contribution in [0.4, 0.5) is 13.6 Å². The molecular weight excluding hydrogens is 278 g/mol. The number of alkyl halides is 1. The summed E-state index contributed by atoms with van der Waals surface area (Å²) in [5, 5.41) is 0.189. The SMILES string of the molecule is O=C1OC[C@H]2CC(F)(c3cc(Cl)cnc3F)CCN12.